The number of rotatable bonds is 1. The minimum Gasteiger partial charge on any atom is -0.129 e. The first-order valence-corrected chi connectivity index (χ1v) is 4.58. The van der Waals surface area contributed by atoms with Crippen molar-refractivity contribution in [2.24, 2.45) is 0 Å². The highest BCUT2D eigenvalue weighted by Crippen LogP contribution is 2.19. The van der Waals surface area contributed by atoms with E-state index < -0.39 is 0 Å². The summed E-state index contributed by atoms with van der Waals surface area (Å²) in [6, 6.07) is 6.54. The average molecular weight is 200 g/mol. The third kappa shape index (κ3) is 4.99. The zero-order valence-corrected chi connectivity index (χ0v) is 7.46. The molecule has 0 radical (unpaired) electrons. The van der Waals surface area contributed by atoms with Gasteiger partial charge in [-0.2, -0.15) is 0 Å². The largest absolute Gasteiger partial charge is 0.129 e. The van der Waals surface area contributed by atoms with E-state index >= 15 is 0 Å². The van der Waals surface area contributed by atoms with Gasteiger partial charge in [0.25, 0.3) is 0 Å². The fraction of sp³-hybridized carbons (Fsp3) is 0.500. The molecule has 13 heavy (non-hydrogen) atoms. The van der Waals surface area contributed by atoms with Gasteiger partial charge in [-0.15, -0.1) is 11.8 Å². The molecule has 0 fully saturated rings. The Balaban J connectivity index is -0.000000333. The van der Waals surface area contributed by atoms with E-state index in [9.17, 15) is 0 Å². The lowest BCUT2D eigenvalue weighted by Gasteiger charge is -2.01. The van der Waals surface area contributed by atoms with Crippen LogP contribution in [0.1, 0.15) is 33.4 Å². The molecule has 0 unspecified atom stereocenters. The van der Waals surface area contributed by atoms with Crippen molar-refractivity contribution in [2.45, 2.75) is 41.0 Å². The van der Waals surface area contributed by atoms with E-state index in [0.29, 0.717) is 0 Å². The molecule has 1 aromatic rings. The van der Waals surface area contributed by atoms with Crippen molar-refractivity contribution < 1.29 is 0 Å². The molecule has 0 nitrogen and oxygen atoms in total. The van der Waals surface area contributed by atoms with E-state index in [1.807, 2.05) is 0 Å². The molecule has 0 saturated heterocycles. The van der Waals surface area contributed by atoms with Crippen molar-refractivity contribution in [3.8, 4) is 0 Å². The van der Waals surface area contributed by atoms with Crippen molar-refractivity contribution in [1.82, 2.24) is 0 Å². The second-order valence-corrected chi connectivity index (χ2v) is 3.32. The molecular formula is C12H24S. The van der Waals surface area contributed by atoms with Gasteiger partial charge in [0.2, 0.25) is 0 Å². The minimum atomic E-state index is 0. The van der Waals surface area contributed by atoms with Gasteiger partial charge in [-0.25, -0.2) is 0 Å². The molecule has 0 aromatic heterocycles. The molecule has 0 atom stereocenters. The topological polar surface area (TPSA) is 0 Å². The molecule has 0 bridgehead atoms. The summed E-state index contributed by atoms with van der Waals surface area (Å²) in [7, 11) is 0. The van der Waals surface area contributed by atoms with E-state index in [2.05, 4.69) is 38.3 Å². The van der Waals surface area contributed by atoms with E-state index in [0.717, 1.165) is 0 Å². The Bertz CT molecular complexity index is 229. The maximum atomic E-state index is 2.21. The van der Waals surface area contributed by atoms with Gasteiger partial charge in [0, 0.05) is 4.90 Å². The smallest absolute Gasteiger partial charge is 0.00985 e. The lowest BCUT2D eigenvalue weighted by Crippen LogP contribution is -1.79. The van der Waals surface area contributed by atoms with Crippen LogP contribution in [0, 0.1) is 13.8 Å². The summed E-state index contributed by atoms with van der Waals surface area (Å²) in [6.07, 6.45) is 2.11. The SMILES string of the molecule is C.C.C.CSc1ccc(C)cc1C. The van der Waals surface area contributed by atoms with E-state index in [1.165, 1.54) is 16.0 Å². The first-order valence-electron chi connectivity index (χ1n) is 3.35. The van der Waals surface area contributed by atoms with Crippen molar-refractivity contribution in [3.05, 3.63) is 29.3 Å². The van der Waals surface area contributed by atoms with Gasteiger partial charge in [-0.1, -0.05) is 40.0 Å². The molecule has 0 spiro atoms. The summed E-state index contributed by atoms with van der Waals surface area (Å²) in [6.45, 7) is 4.27. The molecular weight excluding hydrogens is 176 g/mol. The maximum Gasteiger partial charge on any atom is 0.00985 e. The van der Waals surface area contributed by atoms with Crippen molar-refractivity contribution in [1.29, 1.82) is 0 Å². The molecule has 1 rings (SSSR count). The van der Waals surface area contributed by atoms with Crippen LogP contribution in [0.4, 0.5) is 0 Å². The third-order valence-electron chi connectivity index (χ3n) is 1.55. The summed E-state index contributed by atoms with van der Waals surface area (Å²) < 4.78 is 0. The second kappa shape index (κ2) is 8.18. The maximum absolute atomic E-state index is 2.21. The molecule has 0 heterocycles. The zero-order valence-electron chi connectivity index (χ0n) is 6.64. The van der Waals surface area contributed by atoms with Gasteiger partial charge in [-0.05, 0) is 31.7 Å². The first kappa shape index (κ1) is 18.4. The van der Waals surface area contributed by atoms with Crippen LogP contribution in [-0.4, -0.2) is 6.26 Å². The Kier molecular flexibility index (Phi) is 11.6. The predicted molar refractivity (Wildman–Crippen MR) is 67.9 cm³/mol. The molecule has 0 aliphatic rings. The van der Waals surface area contributed by atoms with Gasteiger partial charge in [0.05, 0.1) is 0 Å². The quantitative estimate of drug-likeness (QED) is 0.579. The molecule has 0 aliphatic carbocycles. The third-order valence-corrected chi connectivity index (χ3v) is 2.45. The molecule has 0 amide bonds. The van der Waals surface area contributed by atoms with Crippen LogP contribution in [-0.2, 0) is 0 Å². The van der Waals surface area contributed by atoms with E-state index in [-0.39, 0.29) is 22.3 Å². The van der Waals surface area contributed by atoms with Crippen LogP contribution in [0.25, 0.3) is 0 Å². The summed E-state index contributed by atoms with van der Waals surface area (Å²) in [5, 5.41) is 0. The van der Waals surface area contributed by atoms with Crippen molar-refractivity contribution in [2.75, 3.05) is 6.26 Å². The summed E-state index contributed by atoms with van der Waals surface area (Å²) >= 11 is 1.80. The highest BCUT2D eigenvalue weighted by molar-refractivity contribution is 7.98. The highest BCUT2D eigenvalue weighted by Gasteiger charge is 1.93. The van der Waals surface area contributed by atoms with Crippen LogP contribution >= 0.6 is 11.8 Å². The monoisotopic (exact) mass is 200 g/mol. The van der Waals surface area contributed by atoms with Crippen LogP contribution in [0.15, 0.2) is 23.1 Å². The molecule has 0 N–H and O–H groups in total. The number of hydrogen-bond donors (Lipinski definition) is 0. The Labute approximate surface area is 88.8 Å². The fourth-order valence-electron chi connectivity index (χ4n) is 1.03. The first-order chi connectivity index (χ1) is 4.74. The van der Waals surface area contributed by atoms with Gasteiger partial charge >= 0.3 is 0 Å². The van der Waals surface area contributed by atoms with Crippen LogP contribution < -0.4 is 0 Å². The van der Waals surface area contributed by atoms with Gasteiger partial charge in [-0.3, -0.25) is 0 Å². The Morgan fingerprint density at radius 1 is 1.00 bits per heavy atom. The number of aryl methyl sites for hydroxylation is 2. The minimum absolute atomic E-state index is 0. The van der Waals surface area contributed by atoms with E-state index in [1.54, 1.807) is 11.8 Å². The molecule has 1 heteroatoms. The molecule has 0 aliphatic heterocycles. The van der Waals surface area contributed by atoms with Crippen LogP contribution in [0.5, 0.6) is 0 Å². The average Bonchev–Trinajstić information content (AvgIpc) is 1.88. The zero-order chi connectivity index (χ0) is 7.56. The van der Waals surface area contributed by atoms with E-state index in [4.69, 9.17) is 0 Å². The van der Waals surface area contributed by atoms with Crippen LogP contribution in [0.3, 0.4) is 0 Å². The van der Waals surface area contributed by atoms with Gasteiger partial charge < -0.3 is 0 Å². The highest BCUT2D eigenvalue weighted by atomic mass is 32.2. The Hall–Kier alpha value is -0.430. The summed E-state index contributed by atoms with van der Waals surface area (Å²) in [5.41, 5.74) is 2.72. The molecule has 1 aromatic carbocycles. The number of hydrogen-bond acceptors (Lipinski definition) is 1. The van der Waals surface area contributed by atoms with Crippen LogP contribution in [0.2, 0.25) is 0 Å². The second-order valence-electron chi connectivity index (χ2n) is 2.47. The lowest BCUT2D eigenvalue weighted by atomic mass is 10.2. The summed E-state index contributed by atoms with van der Waals surface area (Å²) in [4.78, 5) is 1.38. The van der Waals surface area contributed by atoms with Crippen molar-refractivity contribution >= 4 is 11.8 Å². The van der Waals surface area contributed by atoms with Gasteiger partial charge in [0.1, 0.15) is 0 Å². The standard InChI is InChI=1S/C9H12S.3CH4/c1-7-4-5-9(10-3)8(2)6-7;;;/h4-6H,1-3H3;3*1H4. The van der Waals surface area contributed by atoms with Crippen molar-refractivity contribution in [3.63, 3.8) is 0 Å². The fourth-order valence-corrected chi connectivity index (χ4v) is 1.61. The Morgan fingerprint density at radius 3 is 1.92 bits per heavy atom. The predicted octanol–water partition coefficient (Wildman–Crippen LogP) is 4.93. The summed E-state index contributed by atoms with van der Waals surface area (Å²) in [5.74, 6) is 0. The molecule has 78 valence electrons. The Morgan fingerprint density at radius 2 is 1.54 bits per heavy atom. The van der Waals surface area contributed by atoms with Gasteiger partial charge in [0.15, 0.2) is 0 Å². The normalized spacial score (nSPS) is 7.62. The number of thioether (sulfide) groups is 1. The number of benzene rings is 1. The molecule has 0 saturated carbocycles. The lowest BCUT2D eigenvalue weighted by molar-refractivity contribution is 1.27.